The fourth-order valence-corrected chi connectivity index (χ4v) is 6.23. The number of rotatable bonds is 5. The molecule has 4 heterocycles. The predicted octanol–water partition coefficient (Wildman–Crippen LogP) is 3.04. The second kappa shape index (κ2) is 11.3. The van der Waals surface area contributed by atoms with E-state index in [1.165, 1.54) is 10.5 Å². The van der Waals surface area contributed by atoms with Gasteiger partial charge in [0.1, 0.15) is 0 Å². The van der Waals surface area contributed by atoms with Crippen molar-refractivity contribution in [2.24, 2.45) is 11.7 Å². The van der Waals surface area contributed by atoms with Crippen molar-refractivity contribution in [2.75, 3.05) is 56.2 Å². The molecule has 40 heavy (non-hydrogen) atoms. The van der Waals surface area contributed by atoms with E-state index < -0.39 is 18.0 Å². The third-order valence-corrected chi connectivity index (χ3v) is 8.37. The van der Waals surface area contributed by atoms with Gasteiger partial charge in [-0.2, -0.15) is 0 Å². The molecule has 212 valence electrons. The van der Waals surface area contributed by atoms with E-state index in [1.807, 2.05) is 19.1 Å². The summed E-state index contributed by atoms with van der Waals surface area (Å²) in [6.45, 7) is 5.11. The first-order valence-corrected chi connectivity index (χ1v) is 13.7. The Morgan fingerprint density at radius 3 is 2.60 bits per heavy atom. The summed E-state index contributed by atoms with van der Waals surface area (Å²) in [7, 11) is 3.70. The lowest BCUT2D eigenvalue weighted by atomic mass is 9.89. The second-order valence-corrected chi connectivity index (χ2v) is 11.2. The van der Waals surface area contributed by atoms with Gasteiger partial charge in [0.25, 0.3) is 5.91 Å². The van der Waals surface area contributed by atoms with Gasteiger partial charge in [-0.1, -0.05) is 19.1 Å². The van der Waals surface area contributed by atoms with Gasteiger partial charge in [0.2, 0.25) is 0 Å². The first-order valence-electron chi connectivity index (χ1n) is 13.7. The van der Waals surface area contributed by atoms with Crippen molar-refractivity contribution < 1.29 is 14.7 Å². The van der Waals surface area contributed by atoms with Crippen molar-refractivity contribution in [1.82, 2.24) is 19.8 Å². The highest BCUT2D eigenvalue weighted by Gasteiger charge is 2.37. The van der Waals surface area contributed by atoms with Crippen LogP contribution >= 0.6 is 0 Å². The van der Waals surface area contributed by atoms with E-state index in [-0.39, 0.29) is 17.7 Å². The van der Waals surface area contributed by atoms with E-state index in [9.17, 15) is 14.7 Å². The molecule has 2 fully saturated rings. The van der Waals surface area contributed by atoms with Crippen LogP contribution in [0.25, 0.3) is 10.9 Å². The number of pyridine rings is 2. The van der Waals surface area contributed by atoms with E-state index in [0.717, 1.165) is 42.5 Å². The van der Waals surface area contributed by atoms with Gasteiger partial charge in [-0.05, 0) is 68.6 Å². The highest BCUT2D eigenvalue weighted by molar-refractivity contribution is 6.09. The lowest BCUT2D eigenvalue weighted by Gasteiger charge is -2.45. The Morgan fingerprint density at radius 2 is 1.90 bits per heavy atom. The first-order chi connectivity index (χ1) is 19.1. The predicted molar refractivity (Wildman–Crippen MR) is 157 cm³/mol. The van der Waals surface area contributed by atoms with Crippen LogP contribution < -0.4 is 21.7 Å². The summed E-state index contributed by atoms with van der Waals surface area (Å²) in [6.07, 6.45) is 4.44. The average Bonchev–Trinajstić information content (AvgIpc) is 2.92. The van der Waals surface area contributed by atoms with Gasteiger partial charge < -0.3 is 36.6 Å². The number of fused-ring (bicyclic) bond motifs is 1. The number of carbonyl (C=O) groups is 2. The number of nitrogens with zero attached hydrogens (tertiary/aromatic N) is 5. The minimum absolute atomic E-state index is 0.0295. The lowest BCUT2D eigenvalue weighted by molar-refractivity contribution is 0.102. The number of anilines is 3. The maximum atomic E-state index is 13.5. The molecule has 5 rings (SSSR count). The summed E-state index contributed by atoms with van der Waals surface area (Å²) in [4.78, 5) is 39.6. The van der Waals surface area contributed by atoms with Gasteiger partial charge in [0, 0.05) is 37.8 Å². The zero-order valence-corrected chi connectivity index (χ0v) is 23.2. The number of nitrogens with two attached hydrogens (primary N) is 2. The highest BCUT2D eigenvalue weighted by atomic mass is 16.4. The van der Waals surface area contributed by atoms with Crippen LogP contribution in [0.5, 0.6) is 0 Å². The molecule has 3 atom stereocenters. The summed E-state index contributed by atoms with van der Waals surface area (Å²) >= 11 is 0. The van der Waals surface area contributed by atoms with Crippen LogP contribution in [0, 0.1) is 5.92 Å². The van der Waals surface area contributed by atoms with E-state index in [2.05, 4.69) is 39.3 Å². The Labute approximate surface area is 234 Å². The molecule has 2 saturated heterocycles. The summed E-state index contributed by atoms with van der Waals surface area (Å²) < 4.78 is 0. The lowest BCUT2D eigenvalue weighted by Crippen LogP contribution is -2.62. The molecule has 2 aromatic heterocycles. The Hall–Kier alpha value is -3.96. The smallest absolute Gasteiger partial charge is 0.407 e. The van der Waals surface area contributed by atoms with Crippen molar-refractivity contribution >= 4 is 40.0 Å². The molecule has 2 amide bonds. The number of benzene rings is 1. The molecule has 1 aromatic carbocycles. The van der Waals surface area contributed by atoms with Crippen molar-refractivity contribution in [3.05, 3.63) is 54.0 Å². The summed E-state index contributed by atoms with van der Waals surface area (Å²) in [6, 6.07) is 9.16. The molecule has 0 bridgehead atoms. The van der Waals surface area contributed by atoms with E-state index >= 15 is 0 Å². The number of aromatic nitrogens is 2. The molecule has 3 aromatic rings. The number of carboxylic acid groups (broad SMARTS) is 1. The van der Waals surface area contributed by atoms with Crippen LogP contribution in [0.2, 0.25) is 0 Å². The van der Waals surface area contributed by atoms with Gasteiger partial charge in [-0.3, -0.25) is 9.78 Å². The van der Waals surface area contributed by atoms with Crippen LogP contribution in [0.4, 0.5) is 21.9 Å². The molecule has 3 unspecified atom stereocenters. The average molecular weight is 547 g/mol. The van der Waals surface area contributed by atoms with E-state index in [4.69, 9.17) is 16.5 Å². The van der Waals surface area contributed by atoms with Crippen LogP contribution in [0.1, 0.15) is 41.7 Å². The van der Waals surface area contributed by atoms with Crippen molar-refractivity contribution in [3.63, 3.8) is 0 Å². The molecule has 2 aliphatic rings. The van der Waals surface area contributed by atoms with Crippen LogP contribution in [0.3, 0.4) is 0 Å². The van der Waals surface area contributed by atoms with Gasteiger partial charge in [0.05, 0.1) is 34.8 Å². The Morgan fingerprint density at radius 1 is 1.15 bits per heavy atom. The molecule has 11 heteroatoms. The van der Waals surface area contributed by atoms with E-state index in [0.29, 0.717) is 30.4 Å². The highest BCUT2D eigenvalue weighted by Crippen LogP contribution is 2.33. The summed E-state index contributed by atoms with van der Waals surface area (Å²) in [5.41, 5.74) is 16.5. The number of carbonyl (C=O) groups excluding carboxylic acids is 1. The number of hydrogen-bond acceptors (Lipinski definition) is 8. The molecule has 0 radical (unpaired) electrons. The maximum absolute atomic E-state index is 13.5. The largest absolute Gasteiger partial charge is 0.465 e. The quantitative estimate of drug-likeness (QED) is 0.378. The Balaban J connectivity index is 1.37. The Kier molecular flexibility index (Phi) is 7.77. The van der Waals surface area contributed by atoms with Crippen molar-refractivity contribution in [2.45, 2.75) is 37.8 Å². The molecule has 0 spiro atoms. The maximum Gasteiger partial charge on any atom is 0.407 e. The van der Waals surface area contributed by atoms with Crippen LogP contribution in [0.15, 0.2) is 42.7 Å². The van der Waals surface area contributed by atoms with Gasteiger partial charge in [-0.15, -0.1) is 0 Å². The standard InChI is InChI=1S/C29H38N8O3/c1-17-15-37(16-22(31)27(17)36(3)29(39)40)25-6-9-32-14-24(25)34-28(38)26-21(30)12-20-5-4-19(13-23(20)33-26)18-7-10-35(2)11-8-18/h4-6,9,12-14,17-18,22,27H,7-8,10-11,15-16,30-31H2,1-3H3,(H,34,38)(H,39,40). The Bertz CT molecular complexity index is 1400. The summed E-state index contributed by atoms with van der Waals surface area (Å²) in [5, 5.41) is 13.3. The number of likely N-dealkylation sites (tertiary alicyclic amines) is 1. The molecule has 11 nitrogen and oxygen atoms in total. The topological polar surface area (TPSA) is 154 Å². The summed E-state index contributed by atoms with van der Waals surface area (Å²) in [5.74, 6) is 0.0256. The van der Waals surface area contributed by atoms with Crippen molar-refractivity contribution in [1.29, 1.82) is 0 Å². The minimum atomic E-state index is -1.00. The first kappa shape index (κ1) is 27.6. The molecular weight excluding hydrogens is 508 g/mol. The fraction of sp³-hybridized carbons (Fsp3) is 0.448. The molecule has 0 aliphatic carbocycles. The van der Waals surface area contributed by atoms with E-state index in [1.54, 1.807) is 25.5 Å². The molecule has 0 saturated carbocycles. The molecule has 2 aliphatic heterocycles. The zero-order chi connectivity index (χ0) is 28.6. The SMILES string of the molecule is CC1CN(c2ccncc2NC(=O)c2nc3cc(C4CCN(C)CC4)ccc3cc2N)CC(N)C1N(C)C(=O)O. The van der Waals surface area contributed by atoms with Gasteiger partial charge >= 0.3 is 6.09 Å². The normalized spacial score (nSPS) is 22.3. The number of nitrogen functional groups attached to an aromatic ring is 1. The third kappa shape index (κ3) is 5.52. The van der Waals surface area contributed by atoms with Crippen LogP contribution in [-0.4, -0.2) is 89.2 Å². The number of likely N-dealkylation sites (N-methyl/N-ethyl adjacent to an activating group) is 1. The van der Waals surface area contributed by atoms with Crippen molar-refractivity contribution in [3.8, 4) is 0 Å². The fourth-order valence-electron chi connectivity index (χ4n) is 6.23. The molecule has 6 N–H and O–H groups in total. The number of hydrogen-bond donors (Lipinski definition) is 4. The number of nitrogens with one attached hydrogen (secondary N) is 1. The minimum Gasteiger partial charge on any atom is -0.465 e. The third-order valence-electron chi connectivity index (χ3n) is 8.37. The van der Waals surface area contributed by atoms with Gasteiger partial charge in [-0.25, -0.2) is 9.78 Å². The zero-order valence-electron chi connectivity index (χ0n) is 23.2. The molecular formula is C29H38N8O3. The van der Waals surface area contributed by atoms with Crippen LogP contribution in [-0.2, 0) is 0 Å². The monoisotopic (exact) mass is 546 g/mol. The second-order valence-electron chi connectivity index (χ2n) is 11.2. The number of piperidine rings is 2. The van der Waals surface area contributed by atoms with Gasteiger partial charge in [0.15, 0.2) is 5.69 Å². The number of amides is 2.